The maximum atomic E-state index is 12.9. The molecule has 29 heavy (non-hydrogen) atoms. The third-order valence-corrected chi connectivity index (χ3v) is 5.56. The molecule has 1 fully saturated rings. The Hall–Kier alpha value is -3.48. The van der Waals surface area contributed by atoms with Gasteiger partial charge in [0, 0.05) is 17.5 Å². The minimum Gasteiger partial charge on any atom is -0.489 e. The summed E-state index contributed by atoms with van der Waals surface area (Å²) in [6, 6.07) is 10.5. The highest BCUT2D eigenvalue weighted by Gasteiger charge is 2.39. The average Bonchev–Trinajstić information content (AvgIpc) is 3.31. The predicted octanol–water partition coefficient (Wildman–Crippen LogP) is 3.05. The maximum Gasteiger partial charge on any atom is 0.255 e. The molecule has 3 aromatic rings. The number of nitrogens with zero attached hydrogens (tertiary/aromatic N) is 2. The van der Waals surface area contributed by atoms with Gasteiger partial charge in [-0.05, 0) is 36.2 Å². The van der Waals surface area contributed by atoms with Crippen LogP contribution >= 0.6 is 0 Å². The van der Waals surface area contributed by atoms with Crippen LogP contribution in [0.3, 0.4) is 0 Å². The molecule has 0 N–H and O–H groups in total. The van der Waals surface area contributed by atoms with Gasteiger partial charge in [0.05, 0.1) is 19.0 Å². The van der Waals surface area contributed by atoms with Gasteiger partial charge in [0.25, 0.3) is 5.91 Å². The molecule has 1 aliphatic carbocycles. The summed E-state index contributed by atoms with van der Waals surface area (Å²) in [7, 11) is 0. The number of Topliss-reactive ketones (excluding diaryl/α,β-unsaturated/α-hetero) is 2. The van der Waals surface area contributed by atoms with E-state index in [0.717, 1.165) is 16.6 Å². The normalized spacial score (nSPS) is 19.1. The second-order valence-corrected chi connectivity index (χ2v) is 7.39. The predicted molar refractivity (Wildman–Crippen MR) is 102 cm³/mol. The van der Waals surface area contributed by atoms with E-state index in [1.807, 2.05) is 24.3 Å². The van der Waals surface area contributed by atoms with Gasteiger partial charge in [0.15, 0.2) is 17.8 Å². The molecule has 1 amide bonds. The number of carbonyl (C=O) groups is 3. The highest BCUT2D eigenvalue weighted by molar-refractivity contribution is 6.07. The molecule has 0 spiro atoms. The van der Waals surface area contributed by atoms with E-state index in [0.29, 0.717) is 42.9 Å². The van der Waals surface area contributed by atoms with E-state index < -0.39 is 6.04 Å². The first-order chi connectivity index (χ1) is 14.1. The molecule has 2 aromatic carbocycles. The Kier molecular flexibility index (Phi) is 4.16. The van der Waals surface area contributed by atoms with E-state index in [4.69, 9.17) is 9.15 Å². The number of hydrogen-bond donors (Lipinski definition) is 0. The van der Waals surface area contributed by atoms with Gasteiger partial charge in [0.1, 0.15) is 23.7 Å². The smallest absolute Gasteiger partial charge is 0.255 e. The third kappa shape index (κ3) is 3.08. The third-order valence-electron chi connectivity index (χ3n) is 5.56. The van der Waals surface area contributed by atoms with E-state index >= 15 is 0 Å². The van der Waals surface area contributed by atoms with Gasteiger partial charge >= 0.3 is 0 Å². The fourth-order valence-corrected chi connectivity index (χ4v) is 4.06. The van der Waals surface area contributed by atoms with Gasteiger partial charge in [-0.3, -0.25) is 14.4 Å². The van der Waals surface area contributed by atoms with Crippen molar-refractivity contribution in [2.75, 3.05) is 0 Å². The van der Waals surface area contributed by atoms with E-state index in [2.05, 4.69) is 4.98 Å². The van der Waals surface area contributed by atoms with Crippen molar-refractivity contribution in [3.05, 3.63) is 59.5 Å². The summed E-state index contributed by atoms with van der Waals surface area (Å²) in [5.41, 5.74) is 3.75. The molecule has 0 saturated heterocycles. The van der Waals surface area contributed by atoms with Gasteiger partial charge in [-0.1, -0.05) is 12.1 Å². The number of aromatic nitrogens is 1. The van der Waals surface area contributed by atoms with Crippen LogP contribution in [0.25, 0.3) is 11.1 Å². The fraction of sp³-hybridized carbons (Fsp3) is 0.273. The fourth-order valence-electron chi connectivity index (χ4n) is 4.06. The lowest BCUT2D eigenvalue weighted by atomic mass is 9.92. The number of carbonyl (C=O) groups excluding carboxylic acids is 3. The van der Waals surface area contributed by atoms with Crippen LogP contribution in [0, 0.1) is 0 Å². The molecule has 2 heterocycles. The standard InChI is InChI=1S/C22H18N2O5/c25-14-5-6-18(19(26)9-14)24-10-16-15(22(24)27)2-1-3-20(16)28-11-13-4-7-21-17(8-13)23-12-29-21/h1-4,7-8,12,18H,5-6,9-11H2. The molecule has 2 aliphatic rings. The topological polar surface area (TPSA) is 89.7 Å². The van der Waals surface area contributed by atoms with Crippen LogP contribution in [0.2, 0.25) is 0 Å². The molecule has 0 radical (unpaired) electrons. The highest BCUT2D eigenvalue weighted by atomic mass is 16.5. The number of rotatable bonds is 4. The summed E-state index contributed by atoms with van der Waals surface area (Å²) >= 11 is 0. The second kappa shape index (κ2) is 6.84. The van der Waals surface area contributed by atoms with Crippen molar-refractivity contribution in [1.29, 1.82) is 0 Å². The van der Waals surface area contributed by atoms with Crippen molar-refractivity contribution >= 4 is 28.6 Å². The molecule has 7 heteroatoms. The quantitative estimate of drug-likeness (QED) is 0.636. The van der Waals surface area contributed by atoms with Crippen molar-refractivity contribution in [2.45, 2.75) is 38.5 Å². The number of benzene rings is 2. The van der Waals surface area contributed by atoms with Crippen LogP contribution in [0.4, 0.5) is 0 Å². The molecule has 1 unspecified atom stereocenters. The zero-order valence-electron chi connectivity index (χ0n) is 15.6. The van der Waals surface area contributed by atoms with Crippen molar-refractivity contribution in [3.63, 3.8) is 0 Å². The Morgan fingerprint density at radius 3 is 2.93 bits per heavy atom. The zero-order valence-corrected chi connectivity index (χ0v) is 15.6. The first kappa shape index (κ1) is 17.6. The maximum absolute atomic E-state index is 12.9. The van der Waals surface area contributed by atoms with Gasteiger partial charge in [-0.2, -0.15) is 0 Å². The van der Waals surface area contributed by atoms with Gasteiger partial charge < -0.3 is 14.1 Å². The van der Waals surface area contributed by atoms with Gasteiger partial charge in [-0.25, -0.2) is 4.98 Å². The number of oxazole rings is 1. The second-order valence-electron chi connectivity index (χ2n) is 7.39. The number of fused-ring (bicyclic) bond motifs is 2. The number of amides is 1. The first-order valence-corrected chi connectivity index (χ1v) is 9.52. The Balaban J connectivity index is 1.36. The minimum atomic E-state index is -0.532. The van der Waals surface area contributed by atoms with Crippen LogP contribution in [0.15, 0.2) is 47.2 Å². The van der Waals surface area contributed by atoms with E-state index in [1.165, 1.54) is 6.39 Å². The van der Waals surface area contributed by atoms with Crippen LogP contribution < -0.4 is 4.74 Å². The summed E-state index contributed by atoms with van der Waals surface area (Å²) in [5, 5.41) is 0. The van der Waals surface area contributed by atoms with E-state index in [-0.39, 0.29) is 23.9 Å². The Morgan fingerprint density at radius 2 is 2.07 bits per heavy atom. The summed E-state index contributed by atoms with van der Waals surface area (Å²) in [5.74, 6) is 0.217. The van der Waals surface area contributed by atoms with E-state index in [1.54, 1.807) is 17.0 Å². The SMILES string of the molecule is O=C1CCC(N2Cc3c(OCc4ccc5ocnc5c4)cccc3C2=O)C(=O)C1. The van der Waals surface area contributed by atoms with Crippen molar-refractivity contribution in [3.8, 4) is 5.75 Å². The Bertz CT molecular complexity index is 1150. The average molecular weight is 390 g/mol. The summed E-state index contributed by atoms with van der Waals surface area (Å²) in [6.07, 6.45) is 2.05. The number of ketones is 2. The van der Waals surface area contributed by atoms with Crippen LogP contribution in [0.5, 0.6) is 5.75 Å². The lowest BCUT2D eigenvalue weighted by molar-refractivity contribution is -0.133. The zero-order chi connectivity index (χ0) is 20.0. The Morgan fingerprint density at radius 1 is 1.17 bits per heavy atom. The summed E-state index contributed by atoms with van der Waals surface area (Å²) in [6.45, 7) is 0.640. The molecule has 5 rings (SSSR count). The van der Waals surface area contributed by atoms with Crippen LogP contribution in [-0.4, -0.2) is 33.4 Å². The van der Waals surface area contributed by atoms with Crippen LogP contribution in [0.1, 0.15) is 40.7 Å². The van der Waals surface area contributed by atoms with Gasteiger partial charge in [-0.15, -0.1) is 0 Å². The lowest BCUT2D eigenvalue weighted by Gasteiger charge is -2.29. The summed E-state index contributed by atoms with van der Waals surface area (Å²) in [4.78, 5) is 42.4. The Labute approximate surface area is 166 Å². The molecule has 0 bridgehead atoms. The summed E-state index contributed by atoms with van der Waals surface area (Å²) < 4.78 is 11.3. The van der Waals surface area contributed by atoms with Crippen LogP contribution in [-0.2, 0) is 22.7 Å². The number of ether oxygens (including phenoxy) is 1. The molecular weight excluding hydrogens is 372 g/mol. The van der Waals surface area contributed by atoms with Crippen molar-refractivity contribution in [1.82, 2.24) is 9.88 Å². The van der Waals surface area contributed by atoms with Crippen molar-refractivity contribution in [2.24, 2.45) is 0 Å². The van der Waals surface area contributed by atoms with E-state index in [9.17, 15) is 14.4 Å². The molecule has 146 valence electrons. The highest BCUT2D eigenvalue weighted by Crippen LogP contribution is 2.34. The molecule has 1 aromatic heterocycles. The molecule has 1 aliphatic heterocycles. The first-order valence-electron chi connectivity index (χ1n) is 9.52. The molecule has 1 saturated carbocycles. The molecule has 1 atom stereocenters. The minimum absolute atomic E-state index is 0.0523. The molecular formula is C22H18N2O5. The van der Waals surface area contributed by atoms with Crippen molar-refractivity contribution < 1.29 is 23.5 Å². The number of hydrogen-bond acceptors (Lipinski definition) is 6. The molecule has 7 nitrogen and oxygen atoms in total. The monoisotopic (exact) mass is 390 g/mol. The largest absolute Gasteiger partial charge is 0.489 e. The lowest BCUT2D eigenvalue weighted by Crippen LogP contribution is -2.44. The van der Waals surface area contributed by atoms with Gasteiger partial charge in [0.2, 0.25) is 0 Å².